The van der Waals surface area contributed by atoms with Gasteiger partial charge in [0.15, 0.2) is 0 Å². The van der Waals surface area contributed by atoms with Crippen molar-refractivity contribution >= 4 is 5.95 Å². The number of benzene rings is 1. The van der Waals surface area contributed by atoms with Crippen LogP contribution in [0, 0.1) is 0 Å². The minimum absolute atomic E-state index is 0.115. The first-order valence-electron chi connectivity index (χ1n) is 7.14. The summed E-state index contributed by atoms with van der Waals surface area (Å²) in [6.07, 6.45) is 0.627. The highest BCUT2D eigenvalue weighted by Gasteiger charge is 2.07. The van der Waals surface area contributed by atoms with Crippen LogP contribution in [0.1, 0.15) is 25.1 Å². The Morgan fingerprint density at radius 2 is 1.86 bits per heavy atom. The maximum absolute atomic E-state index is 11.8. The van der Waals surface area contributed by atoms with Crippen LogP contribution in [0.5, 0.6) is 5.75 Å². The molecule has 1 heterocycles. The molecular formula is C16H21N3O2. The van der Waals surface area contributed by atoms with E-state index in [1.165, 1.54) is 0 Å². The standard InChI is InChI=1S/C16H21N3O2/c1-4-19(5-2)16-17-13(11-15(20)18-16)10-12-6-8-14(21-3)9-7-12/h6-9,11H,4-5,10H2,1-3H3,(H,17,18,20). The lowest BCUT2D eigenvalue weighted by atomic mass is 10.1. The van der Waals surface area contributed by atoms with Gasteiger partial charge in [-0.25, -0.2) is 4.98 Å². The largest absolute Gasteiger partial charge is 0.497 e. The Balaban J connectivity index is 2.24. The van der Waals surface area contributed by atoms with Gasteiger partial charge in [0.2, 0.25) is 5.95 Å². The Kier molecular flexibility index (Phi) is 4.98. The van der Waals surface area contributed by atoms with Gasteiger partial charge in [0.05, 0.1) is 12.8 Å². The molecule has 0 bridgehead atoms. The highest BCUT2D eigenvalue weighted by atomic mass is 16.5. The second-order valence-electron chi connectivity index (χ2n) is 4.76. The van der Waals surface area contributed by atoms with Gasteiger partial charge in [0, 0.05) is 25.6 Å². The number of hydrogen-bond acceptors (Lipinski definition) is 4. The lowest BCUT2D eigenvalue weighted by Crippen LogP contribution is -2.27. The van der Waals surface area contributed by atoms with Gasteiger partial charge in [0.1, 0.15) is 5.75 Å². The van der Waals surface area contributed by atoms with Crippen molar-refractivity contribution in [3.8, 4) is 5.75 Å². The molecule has 5 nitrogen and oxygen atoms in total. The molecule has 1 aromatic heterocycles. The van der Waals surface area contributed by atoms with E-state index in [2.05, 4.69) is 9.97 Å². The van der Waals surface area contributed by atoms with E-state index in [0.717, 1.165) is 30.1 Å². The van der Waals surface area contributed by atoms with E-state index in [1.54, 1.807) is 13.2 Å². The van der Waals surface area contributed by atoms with E-state index >= 15 is 0 Å². The summed E-state index contributed by atoms with van der Waals surface area (Å²) in [5, 5.41) is 0. The summed E-state index contributed by atoms with van der Waals surface area (Å²) in [4.78, 5) is 21.2. The number of rotatable bonds is 6. The van der Waals surface area contributed by atoms with E-state index in [-0.39, 0.29) is 5.56 Å². The molecular weight excluding hydrogens is 266 g/mol. The highest BCUT2D eigenvalue weighted by molar-refractivity contribution is 5.33. The summed E-state index contributed by atoms with van der Waals surface area (Å²) in [7, 11) is 1.64. The van der Waals surface area contributed by atoms with Crippen molar-refractivity contribution in [2.24, 2.45) is 0 Å². The molecule has 2 aromatic rings. The van der Waals surface area contributed by atoms with E-state index < -0.39 is 0 Å². The summed E-state index contributed by atoms with van der Waals surface area (Å²) in [5.74, 6) is 1.46. The molecule has 112 valence electrons. The molecule has 1 aromatic carbocycles. The van der Waals surface area contributed by atoms with Gasteiger partial charge < -0.3 is 9.64 Å². The smallest absolute Gasteiger partial charge is 0.252 e. The average Bonchev–Trinajstić information content (AvgIpc) is 2.49. The molecule has 0 saturated carbocycles. The van der Waals surface area contributed by atoms with Gasteiger partial charge in [-0.05, 0) is 31.5 Å². The quantitative estimate of drug-likeness (QED) is 0.885. The number of aromatic nitrogens is 2. The van der Waals surface area contributed by atoms with Crippen LogP contribution in [0.25, 0.3) is 0 Å². The van der Waals surface area contributed by atoms with Crippen LogP contribution in [-0.2, 0) is 6.42 Å². The minimum atomic E-state index is -0.115. The highest BCUT2D eigenvalue weighted by Crippen LogP contribution is 2.14. The van der Waals surface area contributed by atoms with Gasteiger partial charge in [-0.2, -0.15) is 0 Å². The average molecular weight is 287 g/mol. The predicted octanol–water partition coefficient (Wildman–Crippen LogP) is 2.22. The Labute approximate surface area is 124 Å². The Hall–Kier alpha value is -2.30. The number of hydrogen-bond donors (Lipinski definition) is 1. The van der Waals surface area contributed by atoms with Crippen molar-refractivity contribution in [2.75, 3.05) is 25.1 Å². The summed E-state index contributed by atoms with van der Waals surface area (Å²) < 4.78 is 5.14. The lowest BCUT2D eigenvalue weighted by Gasteiger charge is -2.19. The molecule has 0 aliphatic carbocycles. The second kappa shape index (κ2) is 6.92. The molecule has 0 atom stereocenters. The zero-order valence-corrected chi connectivity index (χ0v) is 12.7. The molecule has 0 unspecified atom stereocenters. The van der Waals surface area contributed by atoms with Crippen LogP contribution in [0.15, 0.2) is 35.1 Å². The predicted molar refractivity (Wildman–Crippen MR) is 84.2 cm³/mol. The normalized spacial score (nSPS) is 10.4. The fraction of sp³-hybridized carbons (Fsp3) is 0.375. The van der Waals surface area contributed by atoms with Crippen molar-refractivity contribution in [1.29, 1.82) is 0 Å². The lowest BCUT2D eigenvalue weighted by molar-refractivity contribution is 0.414. The number of aromatic amines is 1. The van der Waals surface area contributed by atoms with Crippen LogP contribution < -0.4 is 15.2 Å². The Morgan fingerprint density at radius 3 is 2.43 bits per heavy atom. The molecule has 0 radical (unpaired) electrons. The number of methoxy groups -OCH3 is 1. The summed E-state index contributed by atoms with van der Waals surface area (Å²) >= 11 is 0. The van der Waals surface area contributed by atoms with Gasteiger partial charge in [-0.15, -0.1) is 0 Å². The third-order valence-electron chi connectivity index (χ3n) is 3.39. The number of ether oxygens (including phenoxy) is 1. The monoisotopic (exact) mass is 287 g/mol. The zero-order chi connectivity index (χ0) is 15.2. The summed E-state index contributed by atoms with van der Waals surface area (Å²) in [5.41, 5.74) is 1.75. The molecule has 1 N–H and O–H groups in total. The topological polar surface area (TPSA) is 58.2 Å². The number of anilines is 1. The summed E-state index contributed by atoms with van der Waals surface area (Å²) in [6, 6.07) is 9.34. The third kappa shape index (κ3) is 3.84. The van der Waals surface area contributed by atoms with E-state index in [9.17, 15) is 4.79 Å². The number of nitrogens with one attached hydrogen (secondary N) is 1. The Bertz CT molecular complexity index is 631. The molecule has 2 rings (SSSR count). The van der Waals surface area contributed by atoms with Crippen molar-refractivity contribution in [1.82, 2.24) is 9.97 Å². The maximum atomic E-state index is 11.8. The molecule has 5 heteroatoms. The van der Waals surface area contributed by atoms with Gasteiger partial charge in [0.25, 0.3) is 5.56 Å². The van der Waals surface area contributed by atoms with Crippen LogP contribution in [0.4, 0.5) is 5.95 Å². The van der Waals surface area contributed by atoms with Crippen molar-refractivity contribution < 1.29 is 4.74 Å². The SMILES string of the molecule is CCN(CC)c1nc(Cc2ccc(OC)cc2)cc(=O)[nH]1. The third-order valence-corrected chi connectivity index (χ3v) is 3.39. The fourth-order valence-electron chi connectivity index (χ4n) is 2.21. The first-order valence-corrected chi connectivity index (χ1v) is 7.14. The first-order chi connectivity index (χ1) is 10.2. The molecule has 0 amide bonds. The second-order valence-corrected chi connectivity index (χ2v) is 4.76. The molecule has 0 fully saturated rings. The first kappa shape index (κ1) is 15.1. The van der Waals surface area contributed by atoms with Gasteiger partial charge >= 0.3 is 0 Å². The van der Waals surface area contributed by atoms with Crippen LogP contribution >= 0.6 is 0 Å². The molecule has 0 aliphatic heterocycles. The van der Waals surface area contributed by atoms with Crippen LogP contribution in [0.2, 0.25) is 0 Å². The molecule has 0 spiro atoms. The maximum Gasteiger partial charge on any atom is 0.252 e. The zero-order valence-electron chi connectivity index (χ0n) is 12.7. The van der Waals surface area contributed by atoms with Crippen LogP contribution in [-0.4, -0.2) is 30.2 Å². The van der Waals surface area contributed by atoms with E-state index in [1.807, 2.05) is 43.0 Å². The van der Waals surface area contributed by atoms with Gasteiger partial charge in [-0.1, -0.05) is 12.1 Å². The number of H-pyrrole nitrogens is 1. The van der Waals surface area contributed by atoms with Crippen molar-refractivity contribution in [3.05, 3.63) is 51.9 Å². The van der Waals surface area contributed by atoms with E-state index in [0.29, 0.717) is 12.4 Å². The Morgan fingerprint density at radius 1 is 1.19 bits per heavy atom. The molecule has 0 aliphatic rings. The number of nitrogens with zero attached hydrogens (tertiary/aromatic N) is 2. The van der Waals surface area contributed by atoms with Crippen molar-refractivity contribution in [3.63, 3.8) is 0 Å². The van der Waals surface area contributed by atoms with E-state index in [4.69, 9.17) is 4.74 Å². The van der Waals surface area contributed by atoms with Crippen molar-refractivity contribution in [2.45, 2.75) is 20.3 Å². The van der Waals surface area contributed by atoms with Crippen LogP contribution in [0.3, 0.4) is 0 Å². The molecule has 21 heavy (non-hydrogen) atoms. The summed E-state index contributed by atoms with van der Waals surface area (Å²) in [6.45, 7) is 5.70. The minimum Gasteiger partial charge on any atom is -0.497 e. The fourth-order valence-corrected chi connectivity index (χ4v) is 2.21. The van der Waals surface area contributed by atoms with Gasteiger partial charge in [-0.3, -0.25) is 9.78 Å². The molecule has 0 saturated heterocycles.